The van der Waals surface area contributed by atoms with Crippen LogP contribution in [0.5, 0.6) is 0 Å². The predicted molar refractivity (Wildman–Crippen MR) is 79.7 cm³/mol. The molecular weight excluding hydrogens is 218 g/mol. The average molecular weight is 251 g/mol. The van der Waals surface area contributed by atoms with Gasteiger partial charge in [0.15, 0.2) is 0 Å². The molecule has 0 amide bonds. The van der Waals surface area contributed by atoms with E-state index in [1.54, 1.807) is 0 Å². The third-order valence-corrected chi connectivity index (χ3v) is 5.70. The van der Waals surface area contributed by atoms with Crippen LogP contribution in [0, 0.1) is 29.6 Å². The van der Waals surface area contributed by atoms with Crippen molar-refractivity contribution in [2.75, 3.05) is 13.6 Å². The molecule has 3 unspecified atom stereocenters. The molecular formula is C17H33N. The molecule has 0 bridgehead atoms. The Morgan fingerprint density at radius 2 is 1.72 bits per heavy atom. The molecule has 0 radical (unpaired) electrons. The van der Waals surface area contributed by atoms with Gasteiger partial charge >= 0.3 is 0 Å². The van der Waals surface area contributed by atoms with E-state index in [-0.39, 0.29) is 0 Å². The van der Waals surface area contributed by atoms with Crippen molar-refractivity contribution in [3.8, 4) is 0 Å². The molecule has 0 spiro atoms. The van der Waals surface area contributed by atoms with Crippen LogP contribution < -0.4 is 5.32 Å². The maximum atomic E-state index is 3.44. The van der Waals surface area contributed by atoms with Gasteiger partial charge in [-0.05, 0) is 68.9 Å². The average Bonchev–Trinajstić information content (AvgIpc) is 2.84. The molecule has 0 aliphatic heterocycles. The second-order valence-electron chi connectivity index (χ2n) is 7.28. The first-order chi connectivity index (χ1) is 8.70. The lowest BCUT2D eigenvalue weighted by Crippen LogP contribution is -2.34. The van der Waals surface area contributed by atoms with Gasteiger partial charge in [-0.2, -0.15) is 0 Å². The lowest BCUT2D eigenvalue weighted by molar-refractivity contribution is 0.125. The molecule has 0 heterocycles. The molecule has 1 nitrogen and oxygen atoms in total. The van der Waals surface area contributed by atoms with E-state index in [0.29, 0.717) is 0 Å². The zero-order valence-corrected chi connectivity index (χ0v) is 12.8. The van der Waals surface area contributed by atoms with E-state index in [4.69, 9.17) is 0 Å². The summed E-state index contributed by atoms with van der Waals surface area (Å²) in [5, 5.41) is 3.44. The molecule has 106 valence electrons. The highest BCUT2D eigenvalue weighted by Gasteiger charge is 2.33. The van der Waals surface area contributed by atoms with Gasteiger partial charge in [0.2, 0.25) is 0 Å². The van der Waals surface area contributed by atoms with Crippen LogP contribution >= 0.6 is 0 Å². The summed E-state index contributed by atoms with van der Waals surface area (Å²) in [5.74, 6) is 4.95. The highest BCUT2D eigenvalue weighted by Crippen LogP contribution is 2.42. The summed E-state index contributed by atoms with van der Waals surface area (Å²) in [4.78, 5) is 0. The number of rotatable bonds is 5. The lowest BCUT2D eigenvalue weighted by atomic mass is 9.68. The first-order valence-corrected chi connectivity index (χ1v) is 8.35. The highest BCUT2D eigenvalue weighted by molar-refractivity contribution is 4.85. The third-order valence-electron chi connectivity index (χ3n) is 5.70. The minimum Gasteiger partial charge on any atom is -0.319 e. The van der Waals surface area contributed by atoms with Crippen LogP contribution in [0.1, 0.15) is 65.2 Å². The Balaban J connectivity index is 1.90. The molecule has 0 aromatic carbocycles. The zero-order chi connectivity index (χ0) is 13.0. The largest absolute Gasteiger partial charge is 0.319 e. The van der Waals surface area contributed by atoms with Crippen LogP contribution in [0.3, 0.4) is 0 Å². The van der Waals surface area contributed by atoms with Gasteiger partial charge in [0.25, 0.3) is 0 Å². The van der Waals surface area contributed by atoms with E-state index >= 15 is 0 Å². The van der Waals surface area contributed by atoms with Crippen molar-refractivity contribution in [3.63, 3.8) is 0 Å². The van der Waals surface area contributed by atoms with Crippen molar-refractivity contribution in [2.45, 2.75) is 65.2 Å². The molecule has 18 heavy (non-hydrogen) atoms. The van der Waals surface area contributed by atoms with E-state index in [1.165, 1.54) is 57.9 Å². The first-order valence-electron chi connectivity index (χ1n) is 8.35. The summed E-state index contributed by atoms with van der Waals surface area (Å²) >= 11 is 0. The molecule has 3 atom stereocenters. The van der Waals surface area contributed by atoms with Gasteiger partial charge in [0.05, 0.1) is 0 Å². The summed E-state index contributed by atoms with van der Waals surface area (Å²) in [5.41, 5.74) is 0. The first kappa shape index (κ1) is 14.4. The Morgan fingerprint density at radius 3 is 2.33 bits per heavy atom. The minimum absolute atomic E-state index is 0.895. The third kappa shape index (κ3) is 3.73. The van der Waals surface area contributed by atoms with Crippen LogP contribution in [0.2, 0.25) is 0 Å². The van der Waals surface area contributed by atoms with Gasteiger partial charge < -0.3 is 5.32 Å². The van der Waals surface area contributed by atoms with Gasteiger partial charge in [-0.3, -0.25) is 0 Å². The van der Waals surface area contributed by atoms with Gasteiger partial charge in [0, 0.05) is 0 Å². The molecule has 2 aliphatic carbocycles. The smallest absolute Gasteiger partial charge is 0.00209 e. The van der Waals surface area contributed by atoms with Crippen molar-refractivity contribution in [1.82, 2.24) is 5.32 Å². The Kier molecular flexibility index (Phi) is 5.54. The molecule has 1 N–H and O–H groups in total. The Morgan fingerprint density at radius 1 is 1.00 bits per heavy atom. The quantitative estimate of drug-likeness (QED) is 0.760. The van der Waals surface area contributed by atoms with Gasteiger partial charge in [-0.1, -0.05) is 39.5 Å². The monoisotopic (exact) mass is 251 g/mol. The van der Waals surface area contributed by atoms with Crippen molar-refractivity contribution >= 4 is 0 Å². The van der Waals surface area contributed by atoms with Crippen molar-refractivity contribution < 1.29 is 0 Å². The fourth-order valence-electron chi connectivity index (χ4n) is 4.46. The van der Waals surface area contributed by atoms with Crippen LogP contribution in [0.4, 0.5) is 0 Å². The van der Waals surface area contributed by atoms with Crippen LogP contribution in [0.15, 0.2) is 0 Å². The van der Waals surface area contributed by atoms with Crippen LogP contribution in [-0.2, 0) is 0 Å². The van der Waals surface area contributed by atoms with Gasteiger partial charge in [0.1, 0.15) is 0 Å². The molecule has 0 saturated heterocycles. The van der Waals surface area contributed by atoms with Crippen LogP contribution in [0.25, 0.3) is 0 Å². The van der Waals surface area contributed by atoms with E-state index in [0.717, 1.165) is 29.6 Å². The summed E-state index contributed by atoms with van der Waals surface area (Å²) < 4.78 is 0. The standard InChI is InChI=1S/C17H33N/c1-13(2)15-8-9-16(12-18-3)17(11-15)10-14-6-4-5-7-14/h13-18H,4-12H2,1-3H3. The summed E-state index contributed by atoms with van der Waals surface area (Å²) in [6.07, 6.45) is 12.1. The normalized spacial score (nSPS) is 34.3. The number of hydrogen-bond acceptors (Lipinski definition) is 1. The highest BCUT2D eigenvalue weighted by atomic mass is 14.8. The molecule has 2 aliphatic rings. The Hall–Kier alpha value is -0.0400. The molecule has 1 heteroatoms. The predicted octanol–water partition coefficient (Wildman–Crippen LogP) is 4.47. The van der Waals surface area contributed by atoms with Crippen molar-refractivity contribution in [1.29, 1.82) is 0 Å². The molecule has 0 aromatic rings. The summed E-state index contributed by atoms with van der Waals surface area (Å²) in [6.45, 7) is 6.10. The topological polar surface area (TPSA) is 12.0 Å². The number of nitrogens with one attached hydrogen (secondary N) is 1. The van der Waals surface area contributed by atoms with Crippen molar-refractivity contribution in [3.05, 3.63) is 0 Å². The second kappa shape index (κ2) is 6.93. The van der Waals surface area contributed by atoms with E-state index in [1.807, 2.05) is 0 Å². The molecule has 0 aromatic heterocycles. The van der Waals surface area contributed by atoms with Crippen molar-refractivity contribution in [2.24, 2.45) is 29.6 Å². The fraction of sp³-hybridized carbons (Fsp3) is 1.00. The van der Waals surface area contributed by atoms with Gasteiger partial charge in [-0.15, -0.1) is 0 Å². The van der Waals surface area contributed by atoms with Crippen LogP contribution in [-0.4, -0.2) is 13.6 Å². The Bertz CT molecular complexity index is 228. The van der Waals surface area contributed by atoms with Gasteiger partial charge in [-0.25, -0.2) is 0 Å². The zero-order valence-electron chi connectivity index (χ0n) is 12.8. The maximum Gasteiger partial charge on any atom is -0.00209 e. The summed E-state index contributed by atoms with van der Waals surface area (Å²) in [7, 11) is 2.13. The molecule has 2 saturated carbocycles. The number of hydrogen-bond donors (Lipinski definition) is 1. The summed E-state index contributed by atoms with van der Waals surface area (Å²) in [6, 6.07) is 0. The van der Waals surface area contributed by atoms with E-state index in [9.17, 15) is 0 Å². The second-order valence-corrected chi connectivity index (χ2v) is 7.28. The minimum atomic E-state index is 0.895. The lowest BCUT2D eigenvalue weighted by Gasteiger charge is -2.39. The SMILES string of the molecule is CNCC1CCC(C(C)C)CC1CC1CCCC1. The molecule has 2 rings (SSSR count). The fourth-order valence-corrected chi connectivity index (χ4v) is 4.46. The Labute approximate surface area is 114 Å². The van der Waals surface area contributed by atoms with E-state index < -0.39 is 0 Å². The van der Waals surface area contributed by atoms with E-state index in [2.05, 4.69) is 26.2 Å². The maximum absolute atomic E-state index is 3.44. The molecule has 2 fully saturated rings.